The number of aromatic nitrogens is 4. The minimum Gasteiger partial charge on any atom is -0.300 e. The van der Waals surface area contributed by atoms with Gasteiger partial charge in [0.15, 0.2) is 0 Å². The molecule has 0 atom stereocenters. The van der Waals surface area contributed by atoms with Gasteiger partial charge in [-0.3, -0.25) is 9.59 Å². The first-order valence-corrected chi connectivity index (χ1v) is 13.0. The maximum absolute atomic E-state index is 12.2. The first kappa shape index (κ1) is 24.6. The van der Waals surface area contributed by atoms with Crippen LogP contribution in [-0.2, 0) is 35.3 Å². The number of hydrogen-bond acceptors (Lipinski definition) is 8. The number of carbonyl (C=O) groups excluding carboxylic acids is 2. The van der Waals surface area contributed by atoms with Gasteiger partial charge in [-0.1, -0.05) is 82.8 Å². The minimum atomic E-state index is -0.100. The van der Waals surface area contributed by atoms with Gasteiger partial charge in [0.1, 0.15) is 10.0 Å². The number of carbonyl (C=O) groups is 2. The fourth-order valence-corrected chi connectivity index (χ4v) is 4.96. The van der Waals surface area contributed by atoms with Gasteiger partial charge in [0.05, 0.1) is 12.8 Å². The van der Waals surface area contributed by atoms with Crippen LogP contribution in [-0.4, -0.2) is 32.2 Å². The van der Waals surface area contributed by atoms with E-state index in [4.69, 9.17) is 0 Å². The van der Waals surface area contributed by atoms with Crippen molar-refractivity contribution in [2.45, 2.75) is 45.4 Å². The molecule has 0 aliphatic rings. The van der Waals surface area contributed by atoms with E-state index in [1.165, 1.54) is 28.2 Å². The molecule has 2 N–H and O–H groups in total. The SMILES string of the molecule is Cc1ccc(CC(=O)Nc2nnc(CCCCc3nnc(NC(=O)Cc4ccccc4)s3)s2)cc1. The molecule has 4 rings (SSSR count). The van der Waals surface area contributed by atoms with Gasteiger partial charge < -0.3 is 10.6 Å². The Labute approximate surface area is 211 Å². The Bertz CT molecular complexity index is 1250. The first-order chi connectivity index (χ1) is 17.0. The molecule has 4 aromatic rings. The standard InChI is InChI=1S/C25H26N6O2S2/c1-17-11-13-19(14-12-17)16-21(33)27-25-31-29-23(35-25)10-6-5-9-22-28-30-24(34-22)26-20(32)15-18-7-3-2-4-8-18/h2-4,7-8,11-14H,5-6,9-10,15-16H2,1H3,(H,26,30,32)(H,27,31,33). The highest BCUT2D eigenvalue weighted by atomic mass is 32.1. The third kappa shape index (κ3) is 8.04. The lowest BCUT2D eigenvalue weighted by Gasteiger charge is -2.02. The largest absolute Gasteiger partial charge is 0.300 e. The van der Waals surface area contributed by atoms with Crippen molar-refractivity contribution in [3.63, 3.8) is 0 Å². The maximum Gasteiger partial charge on any atom is 0.230 e. The number of aryl methyl sites for hydroxylation is 3. The van der Waals surface area contributed by atoms with Crippen LogP contribution >= 0.6 is 22.7 Å². The highest BCUT2D eigenvalue weighted by molar-refractivity contribution is 7.15. The zero-order chi connectivity index (χ0) is 24.5. The number of amides is 2. The van der Waals surface area contributed by atoms with Crippen molar-refractivity contribution < 1.29 is 9.59 Å². The monoisotopic (exact) mass is 506 g/mol. The second-order valence-electron chi connectivity index (χ2n) is 8.13. The Balaban J connectivity index is 1.15. The normalized spacial score (nSPS) is 10.8. The molecule has 0 spiro atoms. The van der Waals surface area contributed by atoms with E-state index in [9.17, 15) is 9.59 Å². The molecular weight excluding hydrogens is 480 g/mol. The van der Waals surface area contributed by atoms with Crippen molar-refractivity contribution in [3.8, 4) is 0 Å². The molecule has 35 heavy (non-hydrogen) atoms. The van der Waals surface area contributed by atoms with Gasteiger partial charge in [-0.25, -0.2) is 0 Å². The number of nitrogens with zero attached hydrogens (tertiary/aromatic N) is 4. The number of rotatable bonds is 11. The molecule has 10 heteroatoms. The summed E-state index contributed by atoms with van der Waals surface area (Å²) in [6, 6.07) is 17.5. The highest BCUT2D eigenvalue weighted by Crippen LogP contribution is 2.20. The Morgan fingerprint density at radius 2 is 1.17 bits per heavy atom. The van der Waals surface area contributed by atoms with Gasteiger partial charge in [0, 0.05) is 12.8 Å². The lowest BCUT2D eigenvalue weighted by Crippen LogP contribution is -2.14. The van der Waals surface area contributed by atoms with Crippen LogP contribution in [0.1, 0.15) is 39.5 Å². The molecule has 180 valence electrons. The van der Waals surface area contributed by atoms with Crippen molar-refractivity contribution in [1.29, 1.82) is 0 Å². The second kappa shape index (κ2) is 12.3. The molecular formula is C25H26N6O2S2. The summed E-state index contributed by atoms with van der Waals surface area (Å²) < 4.78 is 0. The Hall–Kier alpha value is -3.50. The Morgan fingerprint density at radius 1 is 0.686 bits per heavy atom. The predicted octanol–water partition coefficient (Wildman–Crippen LogP) is 4.63. The lowest BCUT2D eigenvalue weighted by atomic mass is 10.1. The summed E-state index contributed by atoms with van der Waals surface area (Å²) >= 11 is 2.81. The molecule has 0 unspecified atom stereocenters. The smallest absolute Gasteiger partial charge is 0.230 e. The molecule has 2 aromatic heterocycles. The van der Waals surface area contributed by atoms with E-state index < -0.39 is 0 Å². The van der Waals surface area contributed by atoms with Crippen LogP contribution in [0.4, 0.5) is 10.3 Å². The molecule has 0 bridgehead atoms. The molecule has 0 saturated heterocycles. The summed E-state index contributed by atoms with van der Waals surface area (Å²) in [5.74, 6) is -0.198. The average Bonchev–Trinajstić information content (AvgIpc) is 3.48. The number of benzene rings is 2. The van der Waals surface area contributed by atoms with Crippen LogP contribution in [0.2, 0.25) is 0 Å². The van der Waals surface area contributed by atoms with Gasteiger partial charge >= 0.3 is 0 Å². The molecule has 8 nitrogen and oxygen atoms in total. The van der Waals surface area contributed by atoms with Crippen LogP contribution < -0.4 is 10.6 Å². The molecule has 0 fully saturated rings. The van der Waals surface area contributed by atoms with Crippen molar-refractivity contribution in [2.24, 2.45) is 0 Å². The number of unbranched alkanes of at least 4 members (excludes halogenated alkanes) is 1. The van der Waals surface area contributed by atoms with Crippen molar-refractivity contribution in [1.82, 2.24) is 20.4 Å². The second-order valence-corrected chi connectivity index (χ2v) is 10.3. The average molecular weight is 507 g/mol. The quantitative estimate of drug-likeness (QED) is 0.287. The summed E-state index contributed by atoms with van der Waals surface area (Å²) in [7, 11) is 0. The molecule has 2 amide bonds. The van der Waals surface area contributed by atoms with E-state index >= 15 is 0 Å². The lowest BCUT2D eigenvalue weighted by molar-refractivity contribution is -0.116. The van der Waals surface area contributed by atoms with Gasteiger partial charge in [-0.2, -0.15) is 0 Å². The van der Waals surface area contributed by atoms with E-state index in [0.717, 1.165) is 46.8 Å². The summed E-state index contributed by atoms with van der Waals surface area (Å²) in [4.78, 5) is 24.4. The van der Waals surface area contributed by atoms with Gasteiger partial charge in [0.25, 0.3) is 0 Å². The van der Waals surface area contributed by atoms with E-state index in [1.54, 1.807) is 0 Å². The van der Waals surface area contributed by atoms with Crippen molar-refractivity contribution in [3.05, 3.63) is 81.3 Å². The maximum atomic E-state index is 12.2. The van der Waals surface area contributed by atoms with E-state index in [2.05, 4.69) is 31.0 Å². The van der Waals surface area contributed by atoms with Crippen molar-refractivity contribution in [2.75, 3.05) is 10.6 Å². The number of anilines is 2. The van der Waals surface area contributed by atoms with Gasteiger partial charge in [0.2, 0.25) is 22.1 Å². The molecule has 2 heterocycles. The van der Waals surface area contributed by atoms with Crippen LogP contribution in [0.5, 0.6) is 0 Å². The predicted molar refractivity (Wildman–Crippen MR) is 139 cm³/mol. The summed E-state index contributed by atoms with van der Waals surface area (Å²) in [5.41, 5.74) is 3.09. The molecule has 2 aromatic carbocycles. The minimum absolute atomic E-state index is 0.0977. The molecule has 0 aliphatic heterocycles. The topological polar surface area (TPSA) is 110 Å². The molecule has 0 radical (unpaired) electrons. The van der Waals surface area contributed by atoms with Crippen LogP contribution in [0.25, 0.3) is 0 Å². The van der Waals surface area contributed by atoms with Gasteiger partial charge in [-0.05, 0) is 30.9 Å². The molecule has 0 saturated carbocycles. The summed E-state index contributed by atoms with van der Waals surface area (Å²) in [6.07, 6.45) is 4.02. The number of hydrogen-bond donors (Lipinski definition) is 2. The molecule has 0 aliphatic carbocycles. The summed E-state index contributed by atoms with van der Waals surface area (Å²) in [6.45, 7) is 2.02. The van der Waals surface area contributed by atoms with Crippen molar-refractivity contribution >= 4 is 44.8 Å². The van der Waals surface area contributed by atoms with E-state index in [0.29, 0.717) is 23.1 Å². The Morgan fingerprint density at radius 3 is 1.69 bits per heavy atom. The highest BCUT2D eigenvalue weighted by Gasteiger charge is 2.11. The zero-order valence-electron chi connectivity index (χ0n) is 19.4. The third-order valence-electron chi connectivity index (χ3n) is 5.15. The zero-order valence-corrected chi connectivity index (χ0v) is 21.0. The first-order valence-electron chi connectivity index (χ1n) is 11.4. The van der Waals surface area contributed by atoms with Gasteiger partial charge in [-0.15, -0.1) is 20.4 Å². The van der Waals surface area contributed by atoms with E-state index in [-0.39, 0.29) is 11.8 Å². The summed E-state index contributed by atoms with van der Waals surface area (Å²) in [5, 5.41) is 25.0. The Kier molecular flexibility index (Phi) is 8.63. The van der Waals surface area contributed by atoms with Crippen LogP contribution in [0.15, 0.2) is 54.6 Å². The van der Waals surface area contributed by atoms with Crippen LogP contribution in [0.3, 0.4) is 0 Å². The third-order valence-corrected chi connectivity index (χ3v) is 6.95. The number of nitrogens with one attached hydrogen (secondary N) is 2. The fourth-order valence-electron chi connectivity index (χ4n) is 3.36. The van der Waals surface area contributed by atoms with Crippen LogP contribution in [0, 0.1) is 6.92 Å². The van der Waals surface area contributed by atoms with E-state index in [1.807, 2.05) is 61.5 Å². The fraction of sp³-hybridized carbons (Fsp3) is 0.280.